The molecule has 0 saturated heterocycles. The van der Waals surface area contributed by atoms with Gasteiger partial charge in [-0.2, -0.15) is 5.26 Å². The second kappa shape index (κ2) is 8.30. The van der Waals surface area contributed by atoms with Crippen molar-refractivity contribution in [2.45, 2.75) is 6.42 Å². The summed E-state index contributed by atoms with van der Waals surface area (Å²) in [5.41, 5.74) is 1.33. The zero-order valence-electron chi connectivity index (χ0n) is 14.0. The number of nitrogens with one attached hydrogen (secondary N) is 1. The molecule has 1 atom stereocenters. The van der Waals surface area contributed by atoms with Crippen LogP contribution in [0.1, 0.15) is 11.1 Å². The van der Waals surface area contributed by atoms with Crippen LogP contribution >= 0.6 is 23.2 Å². The second-order valence-corrected chi connectivity index (χ2v) is 6.79. The lowest BCUT2D eigenvalue weighted by Gasteiger charge is -2.24. The van der Waals surface area contributed by atoms with E-state index >= 15 is 0 Å². The Morgan fingerprint density at radius 1 is 1.22 bits per heavy atom. The Bertz CT molecular complexity index is 940. The normalized spacial score (nSPS) is 15.1. The first-order valence-electron chi connectivity index (χ1n) is 8.03. The van der Waals surface area contributed by atoms with Crippen LogP contribution in [0.2, 0.25) is 10.0 Å². The lowest BCUT2D eigenvalue weighted by atomic mass is 9.97. The van der Waals surface area contributed by atoms with Crippen LogP contribution in [0.4, 0.5) is 5.69 Å². The third-order valence-corrected chi connectivity index (χ3v) is 4.45. The SMILES string of the molecule is N#Cc1ccc(Cl)cc1NC(=O)COC(=O)[C@H]1COc2ccc(Cl)cc2C1. The van der Waals surface area contributed by atoms with Gasteiger partial charge in [0.2, 0.25) is 0 Å². The summed E-state index contributed by atoms with van der Waals surface area (Å²) < 4.78 is 10.6. The van der Waals surface area contributed by atoms with Crippen molar-refractivity contribution in [2.24, 2.45) is 5.92 Å². The van der Waals surface area contributed by atoms with Crippen LogP contribution in [0, 0.1) is 17.2 Å². The number of halogens is 2. The number of hydrogen-bond donors (Lipinski definition) is 1. The molecule has 0 unspecified atom stereocenters. The smallest absolute Gasteiger partial charge is 0.313 e. The standard InChI is InChI=1S/C19H14Cl2N2O4/c20-14-3-4-17-12(6-14)5-13(9-26-17)19(25)27-10-18(24)23-16-7-15(21)2-1-11(16)8-22/h1-4,6-7,13H,5,9-10H2,(H,23,24)/t13-/m1/s1. The number of carbonyl (C=O) groups is 2. The quantitative estimate of drug-likeness (QED) is 0.786. The first-order valence-corrected chi connectivity index (χ1v) is 8.79. The van der Waals surface area contributed by atoms with Crippen molar-refractivity contribution in [1.29, 1.82) is 5.26 Å². The molecule has 138 valence electrons. The van der Waals surface area contributed by atoms with E-state index in [9.17, 15) is 9.59 Å². The fourth-order valence-corrected chi connectivity index (χ4v) is 3.04. The first-order chi connectivity index (χ1) is 13.0. The van der Waals surface area contributed by atoms with Gasteiger partial charge in [0.1, 0.15) is 18.4 Å². The first kappa shape index (κ1) is 19.0. The Morgan fingerprint density at radius 3 is 2.74 bits per heavy atom. The van der Waals surface area contributed by atoms with Crippen LogP contribution in [-0.2, 0) is 20.7 Å². The van der Waals surface area contributed by atoms with E-state index in [1.54, 1.807) is 24.3 Å². The third-order valence-electron chi connectivity index (χ3n) is 3.98. The van der Waals surface area contributed by atoms with Gasteiger partial charge in [0.25, 0.3) is 5.91 Å². The number of rotatable bonds is 4. The van der Waals surface area contributed by atoms with E-state index in [2.05, 4.69) is 5.32 Å². The number of hydrogen-bond acceptors (Lipinski definition) is 5. The highest BCUT2D eigenvalue weighted by Gasteiger charge is 2.28. The van der Waals surface area contributed by atoms with Crippen molar-refractivity contribution in [3.05, 3.63) is 57.6 Å². The Labute approximate surface area is 165 Å². The monoisotopic (exact) mass is 404 g/mol. The molecule has 1 amide bonds. The number of carbonyl (C=O) groups excluding carboxylic acids is 2. The Kier molecular flexibility index (Phi) is 5.84. The molecule has 0 aliphatic carbocycles. The number of fused-ring (bicyclic) bond motifs is 1. The molecule has 1 N–H and O–H groups in total. The summed E-state index contributed by atoms with van der Waals surface area (Å²) in [4.78, 5) is 24.3. The summed E-state index contributed by atoms with van der Waals surface area (Å²) in [6.45, 7) is -0.308. The van der Waals surface area contributed by atoms with E-state index in [0.29, 0.717) is 22.2 Å². The van der Waals surface area contributed by atoms with Gasteiger partial charge in [0.15, 0.2) is 6.61 Å². The van der Waals surface area contributed by atoms with E-state index in [0.717, 1.165) is 5.56 Å². The van der Waals surface area contributed by atoms with Crippen molar-refractivity contribution < 1.29 is 19.1 Å². The minimum atomic E-state index is -0.567. The van der Waals surface area contributed by atoms with Crippen LogP contribution in [0.15, 0.2) is 36.4 Å². The molecule has 2 aromatic carbocycles. The van der Waals surface area contributed by atoms with Gasteiger partial charge in [0, 0.05) is 10.0 Å². The Balaban J connectivity index is 1.56. The highest BCUT2D eigenvalue weighted by molar-refractivity contribution is 6.31. The lowest BCUT2D eigenvalue weighted by Crippen LogP contribution is -2.32. The van der Waals surface area contributed by atoms with Crippen LogP contribution in [0.3, 0.4) is 0 Å². The molecule has 1 aliphatic rings. The summed E-state index contributed by atoms with van der Waals surface area (Å²) in [5.74, 6) is -0.944. The molecule has 0 spiro atoms. The highest BCUT2D eigenvalue weighted by Crippen LogP contribution is 2.30. The predicted molar refractivity (Wildman–Crippen MR) is 99.9 cm³/mol. The average molecular weight is 405 g/mol. The van der Waals surface area contributed by atoms with Crippen molar-refractivity contribution in [3.8, 4) is 11.8 Å². The van der Waals surface area contributed by atoms with Crippen LogP contribution in [-0.4, -0.2) is 25.1 Å². The topological polar surface area (TPSA) is 88.4 Å². The maximum atomic E-state index is 12.2. The van der Waals surface area contributed by atoms with Crippen molar-refractivity contribution >= 4 is 40.8 Å². The van der Waals surface area contributed by atoms with Crippen LogP contribution in [0.25, 0.3) is 0 Å². The van der Waals surface area contributed by atoms with E-state index < -0.39 is 24.4 Å². The zero-order valence-corrected chi connectivity index (χ0v) is 15.5. The molecule has 0 saturated carbocycles. The van der Waals surface area contributed by atoms with Crippen LogP contribution < -0.4 is 10.1 Å². The molecule has 6 nitrogen and oxygen atoms in total. The number of esters is 1. The predicted octanol–water partition coefficient (Wildman–Crippen LogP) is 3.60. The summed E-state index contributed by atoms with van der Waals surface area (Å²) in [6.07, 6.45) is 0.420. The van der Waals surface area contributed by atoms with Gasteiger partial charge in [-0.15, -0.1) is 0 Å². The largest absolute Gasteiger partial charge is 0.492 e. The molecule has 0 bridgehead atoms. The van der Waals surface area contributed by atoms with Gasteiger partial charge in [-0.05, 0) is 48.4 Å². The molecule has 27 heavy (non-hydrogen) atoms. The molecule has 2 aromatic rings. The lowest BCUT2D eigenvalue weighted by molar-refractivity contribution is -0.152. The van der Waals surface area contributed by atoms with E-state index in [4.69, 9.17) is 37.9 Å². The van der Waals surface area contributed by atoms with Crippen molar-refractivity contribution in [3.63, 3.8) is 0 Å². The zero-order chi connectivity index (χ0) is 19.4. The van der Waals surface area contributed by atoms with Gasteiger partial charge in [-0.1, -0.05) is 23.2 Å². The van der Waals surface area contributed by atoms with Gasteiger partial charge >= 0.3 is 5.97 Å². The molecule has 0 radical (unpaired) electrons. The van der Waals surface area contributed by atoms with E-state index in [-0.39, 0.29) is 17.9 Å². The molecular weight excluding hydrogens is 391 g/mol. The molecular formula is C19H14Cl2N2O4. The molecule has 1 heterocycles. The third kappa shape index (κ3) is 4.70. The van der Waals surface area contributed by atoms with Gasteiger partial charge in [-0.25, -0.2) is 0 Å². The number of ether oxygens (including phenoxy) is 2. The average Bonchev–Trinajstić information content (AvgIpc) is 2.65. The van der Waals surface area contributed by atoms with E-state index in [1.165, 1.54) is 12.1 Å². The minimum absolute atomic E-state index is 0.169. The maximum Gasteiger partial charge on any atom is 0.313 e. The van der Waals surface area contributed by atoms with Crippen molar-refractivity contribution in [2.75, 3.05) is 18.5 Å². The van der Waals surface area contributed by atoms with Gasteiger partial charge in [0.05, 0.1) is 17.2 Å². The highest BCUT2D eigenvalue weighted by atomic mass is 35.5. The summed E-state index contributed by atoms with van der Waals surface area (Å²) in [7, 11) is 0. The van der Waals surface area contributed by atoms with Gasteiger partial charge < -0.3 is 14.8 Å². The second-order valence-electron chi connectivity index (χ2n) is 5.92. The molecule has 3 rings (SSSR count). The number of benzene rings is 2. The summed E-state index contributed by atoms with van der Waals surface area (Å²) in [5, 5.41) is 12.5. The minimum Gasteiger partial charge on any atom is -0.492 e. The fourth-order valence-electron chi connectivity index (χ4n) is 2.67. The number of nitrogens with zero attached hydrogens (tertiary/aromatic N) is 1. The fraction of sp³-hybridized carbons (Fsp3) is 0.211. The number of amides is 1. The van der Waals surface area contributed by atoms with Gasteiger partial charge in [-0.3, -0.25) is 9.59 Å². The number of anilines is 1. The maximum absolute atomic E-state index is 12.2. The Morgan fingerprint density at radius 2 is 1.96 bits per heavy atom. The molecule has 8 heteroatoms. The number of nitriles is 1. The molecule has 1 aliphatic heterocycles. The van der Waals surface area contributed by atoms with E-state index in [1.807, 2.05) is 6.07 Å². The molecule has 0 aromatic heterocycles. The summed E-state index contributed by atoms with van der Waals surface area (Å²) >= 11 is 11.8. The van der Waals surface area contributed by atoms with Crippen molar-refractivity contribution in [1.82, 2.24) is 0 Å². The van der Waals surface area contributed by atoms with Crippen LogP contribution in [0.5, 0.6) is 5.75 Å². The summed E-state index contributed by atoms with van der Waals surface area (Å²) in [6, 6.07) is 11.7. The Hall–Kier alpha value is -2.75. The molecule has 0 fully saturated rings.